The third kappa shape index (κ3) is 5.02. The predicted molar refractivity (Wildman–Crippen MR) is 124 cm³/mol. The first-order valence-corrected chi connectivity index (χ1v) is 11.6. The zero-order valence-corrected chi connectivity index (χ0v) is 18.8. The fourth-order valence-electron chi connectivity index (χ4n) is 4.82. The molecule has 2 aliphatic rings. The Hall–Kier alpha value is -3.35. The summed E-state index contributed by atoms with van der Waals surface area (Å²) in [7, 11) is 0. The first-order chi connectivity index (χ1) is 16.0. The molecule has 1 aliphatic heterocycles. The normalized spacial score (nSPS) is 16.6. The monoisotopic (exact) mass is 450 g/mol. The van der Waals surface area contributed by atoms with Crippen LogP contribution in [0, 0.1) is 5.92 Å². The highest BCUT2D eigenvalue weighted by Crippen LogP contribution is 2.44. The minimum Gasteiger partial charge on any atom is -0.481 e. The van der Waals surface area contributed by atoms with E-state index in [1.165, 1.54) is 11.1 Å². The Balaban J connectivity index is 1.30. The van der Waals surface area contributed by atoms with Gasteiger partial charge in [0, 0.05) is 31.5 Å². The smallest absolute Gasteiger partial charge is 0.407 e. The Bertz CT molecular complexity index is 983. The molecule has 1 atom stereocenters. The lowest BCUT2D eigenvalue weighted by Crippen LogP contribution is -2.44. The van der Waals surface area contributed by atoms with Gasteiger partial charge in [0.1, 0.15) is 6.61 Å². The van der Waals surface area contributed by atoms with E-state index in [1.807, 2.05) is 31.2 Å². The number of alkyl carbamates (subject to hydrolysis) is 1. The molecule has 0 aromatic heterocycles. The number of likely N-dealkylation sites (tertiary alicyclic amines) is 1. The molecule has 0 bridgehead atoms. The van der Waals surface area contributed by atoms with Gasteiger partial charge in [0.15, 0.2) is 0 Å². The van der Waals surface area contributed by atoms with Crippen LogP contribution in [0.2, 0.25) is 0 Å². The van der Waals surface area contributed by atoms with Crippen molar-refractivity contribution in [3.05, 3.63) is 59.7 Å². The van der Waals surface area contributed by atoms with E-state index in [4.69, 9.17) is 9.84 Å². The van der Waals surface area contributed by atoms with Gasteiger partial charge in [-0.2, -0.15) is 0 Å². The number of benzene rings is 2. The fourth-order valence-corrected chi connectivity index (χ4v) is 4.82. The second kappa shape index (κ2) is 10.1. The molecule has 0 radical (unpaired) electrons. The van der Waals surface area contributed by atoms with Crippen molar-refractivity contribution in [1.82, 2.24) is 10.2 Å². The molecular formula is C26H30N2O5. The lowest BCUT2D eigenvalue weighted by Gasteiger charge is -2.31. The van der Waals surface area contributed by atoms with Crippen LogP contribution in [0.25, 0.3) is 11.1 Å². The van der Waals surface area contributed by atoms with E-state index in [-0.39, 0.29) is 36.8 Å². The third-order valence-electron chi connectivity index (χ3n) is 6.78. The largest absolute Gasteiger partial charge is 0.481 e. The Labute approximate surface area is 193 Å². The quantitative estimate of drug-likeness (QED) is 0.664. The van der Waals surface area contributed by atoms with Gasteiger partial charge in [0.05, 0.1) is 5.92 Å². The molecule has 174 valence electrons. The first-order valence-electron chi connectivity index (χ1n) is 11.6. The molecule has 1 saturated heterocycles. The van der Waals surface area contributed by atoms with Gasteiger partial charge in [0.2, 0.25) is 5.91 Å². The molecule has 4 rings (SSSR count). The number of hydrogen-bond acceptors (Lipinski definition) is 4. The molecule has 33 heavy (non-hydrogen) atoms. The van der Waals surface area contributed by atoms with Crippen LogP contribution < -0.4 is 5.32 Å². The van der Waals surface area contributed by atoms with Gasteiger partial charge >= 0.3 is 12.1 Å². The van der Waals surface area contributed by atoms with Crippen molar-refractivity contribution in [2.75, 3.05) is 19.7 Å². The predicted octanol–water partition coefficient (Wildman–Crippen LogP) is 4.02. The number of hydrogen-bond donors (Lipinski definition) is 2. The van der Waals surface area contributed by atoms with Crippen LogP contribution in [-0.4, -0.2) is 53.7 Å². The second-order valence-electron chi connectivity index (χ2n) is 8.77. The molecule has 1 aliphatic carbocycles. The number of nitrogens with zero attached hydrogens (tertiary/aromatic N) is 1. The summed E-state index contributed by atoms with van der Waals surface area (Å²) in [4.78, 5) is 38.0. The summed E-state index contributed by atoms with van der Waals surface area (Å²) in [6, 6.07) is 16.0. The molecule has 2 aromatic rings. The summed E-state index contributed by atoms with van der Waals surface area (Å²) >= 11 is 0. The van der Waals surface area contributed by atoms with E-state index >= 15 is 0 Å². The average molecular weight is 451 g/mol. The van der Waals surface area contributed by atoms with E-state index in [9.17, 15) is 14.4 Å². The standard InChI is InChI=1S/C26H30N2O5/c1-2-18(15-24(29)28-13-11-17(12-14-28)25(30)31)27-26(32)33-16-23-21-9-5-3-7-19(21)20-8-4-6-10-22(20)23/h3-10,17-18,23H,2,11-16H2,1H3,(H,27,32)(H,30,31)/t18-/m1/s1. The number of carboxylic acids is 1. The molecule has 1 fully saturated rings. The summed E-state index contributed by atoms with van der Waals surface area (Å²) in [5.41, 5.74) is 4.65. The molecular weight excluding hydrogens is 420 g/mol. The lowest BCUT2D eigenvalue weighted by atomic mass is 9.96. The Kier molecular flexibility index (Phi) is 6.96. The van der Waals surface area contributed by atoms with Crippen LogP contribution in [-0.2, 0) is 14.3 Å². The van der Waals surface area contributed by atoms with E-state index < -0.39 is 12.1 Å². The van der Waals surface area contributed by atoms with Crippen LogP contribution in [0.4, 0.5) is 4.79 Å². The number of carbonyl (C=O) groups is 3. The summed E-state index contributed by atoms with van der Waals surface area (Å²) in [6.45, 7) is 3.03. The Morgan fingerprint density at radius 1 is 1.03 bits per heavy atom. The fraction of sp³-hybridized carbons (Fsp3) is 0.423. The van der Waals surface area contributed by atoms with Crippen LogP contribution in [0.5, 0.6) is 0 Å². The number of piperidine rings is 1. The van der Waals surface area contributed by atoms with Crippen LogP contribution in [0.3, 0.4) is 0 Å². The summed E-state index contributed by atoms with van der Waals surface area (Å²) < 4.78 is 5.60. The summed E-state index contributed by atoms with van der Waals surface area (Å²) in [5.74, 6) is -1.26. The zero-order chi connectivity index (χ0) is 23.4. The summed E-state index contributed by atoms with van der Waals surface area (Å²) in [6.07, 6.45) is 1.19. The molecule has 2 aromatic carbocycles. The molecule has 7 heteroatoms. The zero-order valence-electron chi connectivity index (χ0n) is 18.8. The Morgan fingerprint density at radius 3 is 2.15 bits per heavy atom. The SMILES string of the molecule is CC[C@H](CC(=O)N1CCC(C(=O)O)CC1)NC(=O)OCC1c2ccccc2-c2ccccc21. The van der Waals surface area contributed by atoms with Crippen LogP contribution in [0.1, 0.15) is 49.7 Å². The molecule has 0 spiro atoms. The van der Waals surface area contributed by atoms with Gasteiger partial charge in [-0.05, 0) is 41.5 Å². The lowest BCUT2D eigenvalue weighted by molar-refractivity contribution is -0.145. The first kappa shape index (κ1) is 22.8. The maximum atomic E-state index is 12.7. The van der Waals surface area contributed by atoms with Crippen molar-refractivity contribution < 1.29 is 24.2 Å². The minimum absolute atomic E-state index is 0.0135. The van der Waals surface area contributed by atoms with Gasteiger partial charge < -0.3 is 20.1 Å². The highest BCUT2D eigenvalue weighted by Gasteiger charge is 2.30. The van der Waals surface area contributed by atoms with Crippen molar-refractivity contribution in [3.63, 3.8) is 0 Å². The number of nitrogens with one attached hydrogen (secondary N) is 1. The molecule has 0 saturated carbocycles. The van der Waals surface area contributed by atoms with Crippen molar-refractivity contribution >= 4 is 18.0 Å². The highest BCUT2D eigenvalue weighted by atomic mass is 16.5. The van der Waals surface area contributed by atoms with Crippen LogP contribution in [0.15, 0.2) is 48.5 Å². The maximum absolute atomic E-state index is 12.7. The minimum atomic E-state index is -0.801. The molecule has 2 amide bonds. The van der Waals surface area contributed by atoms with Crippen molar-refractivity contribution in [2.24, 2.45) is 5.92 Å². The number of aliphatic carboxylic acids is 1. The average Bonchev–Trinajstić information content (AvgIpc) is 3.16. The molecule has 0 unspecified atom stereocenters. The number of fused-ring (bicyclic) bond motifs is 3. The molecule has 2 N–H and O–H groups in total. The van der Waals surface area contributed by atoms with Gasteiger partial charge in [0.25, 0.3) is 0 Å². The van der Waals surface area contributed by atoms with E-state index in [2.05, 4.69) is 29.6 Å². The van der Waals surface area contributed by atoms with Crippen molar-refractivity contribution in [2.45, 2.75) is 44.6 Å². The highest BCUT2D eigenvalue weighted by molar-refractivity contribution is 5.80. The van der Waals surface area contributed by atoms with E-state index in [0.29, 0.717) is 32.4 Å². The van der Waals surface area contributed by atoms with Gasteiger partial charge in [-0.25, -0.2) is 4.79 Å². The number of carbonyl (C=O) groups excluding carboxylic acids is 2. The number of ether oxygens (including phenoxy) is 1. The second-order valence-corrected chi connectivity index (χ2v) is 8.77. The van der Waals surface area contributed by atoms with E-state index in [1.54, 1.807) is 4.90 Å². The van der Waals surface area contributed by atoms with Gasteiger partial charge in [-0.3, -0.25) is 9.59 Å². The topological polar surface area (TPSA) is 95.9 Å². The van der Waals surface area contributed by atoms with Crippen molar-refractivity contribution in [1.29, 1.82) is 0 Å². The van der Waals surface area contributed by atoms with Crippen LogP contribution >= 0.6 is 0 Å². The number of carboxylic acid groups (broad SMARTS) is 1. The van der Waals surface area contributed by atoms with Gasteiger partial charge in [-0.15, -0.1) is 0 Å². The number of amides is 2. The maximum Gasteiger partial charge on any atom is 0.407 e. The third-order valence-corrected chi connectivity index (χ3v) is 6.78. The molecule has 7 nitrogen and oxygen atoms in total. The van der Waals surface area contributed by atoms with Crippen molar-refractivity contribution in [3.8, 4) is 11.1 Å². The van der Waals surface area contributed by atoms with Gasteiger partial charge in [-0.1, -0.05) is 55.5 Å². The van der Waals surface area contributed by atoms with E-state index in [0.717, 1.165) is 11.1 Å². The molecule has 1 heterocycles. The Morgan fingerprint density at radius 2 is 1.61 bits per heavy atom. The number of rotatable bonds is 7. The summed E-state index contributed by atoms with van der Waals surface area (Å²) in [5, 5.41) is 12.0.